The highest BCUT2D eigenvalue weighted by Crippen LogP contribution is 2.35. The number of nitrogens with two attached hydrogens (primary N) is 1. The molecule has 4 fully saturated rings. The molecule has 2 heterocycles. The minimum atomic E-state index is -1.68. The molecule has 10 N–H and O–H groups in total. The second-order valence-corrected chi connectivity index (χ2v) is 14.5. The summed E-state index contributed by atoms with van der Waals surface area (Å²) in [6, 6.07) is 6.37. The van der Waals surface area contributed by atoms with Crippen LogP contribution in [0.5, 0.6) is 0 Å². The fraction of sp³-hybridized carbons (Fsp3) is 0.750. The van der Waals surface area contributed by atoms with Crippen LogP contribution >= 0.6 is 0 Å². The van der Waals surface area contributed by atoms with Crippen molar-refractivity contribution in [3.63, 3.8) is 0 Å². The molecule has 0 bridgehead atoms. The first-order valence-electron chi connectivity index (χ1n) is 18.6. The van der Waals surface area contributed by atoms with Crippen molar-refractivity contribution in [1.29, 1.82) is 0 Å². The number of hydrogen-bond acceptors (Lipinski definition) is 14. The zero-order chi connectivity index (χ0) is 38.2. The predicted molar refractivity (Wildman–Crippen MR) is 184 cm³/mol. The number of benzene rings is 1. The van der Waals surface area contributed by atoms with E-state index in [9.17, 15) is 45.0 Å². The summed E-state index contributed by atoms with van der Waals surface area (Å²) in [5, 5.41) is 69.1. The summed E-state index contributed by atoms with van der Waals surface area (Å²) in [6.07, 6.45) is -10.3. The third-order valence-electron chi connectivity index (χ3n) is 10.8. The van der Waals surface area contributed by atoms with Gasteiger partial charge in [0.2, 0.25) is 5.91 Å². The molecule has 2 amide bonds. The number of ether oxygens (including phenoxy) is 5. The first kappa shape index (κ1) is 41.4. The third-order valence-corrected chi connectivity index (χ3v) is 10.8. The highest BCUT2D eigenvalue weighted by Gasteiger charge is 2.52. The van der Waals surface area contributed by atoms with Crippen LogP contribution in [0.4, 0.5) is 0 Å². The molecule has 2 aliphatic carbocycles. The van der Waals surface area contributed by atoms with Crippen molar-refractivity contribution in [2.24, 2.45) is 11.7 Å². The minimum Gasteiger partial charge on any atom is -0.479 e. The van der Waals surface area contributed by atoms with Gasteiger partial charge in [0.05, 0.1) is 31.4 Å². The van der Waals surface area contributed by atoms with Crippen LogP contribution in [0.2, 0.25) is 0 Å². The molecular formula is C36H55N3O14. The Morgan fingerprint density at radius 2 is 1.57 bits per heavy atom. The maximum absolute atomic E-state index is 13.4. The number of hydrogen-bond donors (Lipinski definition) is 9. The SMILES string of the molecule is CC1O[C@@H](O[C@@H]2C(NC(=O)c3ccccc3)CCC[C@H]2O[C@@H]2O[C@@H](CO)[C@H](O)C(O[C@@H](CC3CCCCC3)C(=O)O)C2NC(=O)CN)C(O)[C@@H](O)[C@@H]1O. The molecule has 14 atom stereocenters. The van der Waals surface area contributed by atoms with Crippen LogP contribution in [0.15, 0.2) is 30.3 Å². The molecule has 4 aliphatic rings. The van der Waals surface area contributed by atoms with Crippen molar-refractivity contribution in [2.75, 3.05) is 13.2 Å². The van der Waals surface area contributed by atoms with E-state index in [1.807, 2.05) is 0 Å². The van der Waals surface area contributed by atoms with Gasteiger partial charge in [0.25, 0.3) is 5.91 Å². The average molecular weight is 754 g/mol. The predicted octanol–water partition coefficient (Wildman–Crippen LogP) is -1.10. The second kappa shape index (κ2) is 19.2. The standard InChI is InChI=1S/C36H55N3O14/c1-18-27(42)29(44)30(45)36(49-18)53-31-21(38-33(46)20-11-6-3-7-12-20)13-8-14-22(31)51-35-26(39-25(41)16-37)32(28(43)24(17-40)52-35)50-23(34(47)48)15-19-9-4-2-5-10-19/h3,6-7,11-12,18-19,21-24,26-32,35-36,40,42-45H,2,4-5,8-10,13-17,37H2,1H3,(H,38,46)(H,39,41)(H,47,48)/t18?,21?,22-,23+,24+,26?,27-,28+,29+,30?,31-,32?,35-,36+/m1/s1. The maximum atomic E-state index is 13.4. The van der Waals surface area contributed by atoms with Crippen molar-refractivity contribution in [3.05, 3.63) is 35.9 Å². The lowest BCUT2D eigenvalue weighted by Crippen LogP contribution is -2.68. The molecule has 17 nitrogen and oxygen atoms in total. The number of carbonyl (C=O) groups excluding carboxylic acids is 2. The van der Waals surface area contributed by atoms with E-state index in [1.54, 1.807) is 30.3 Å². The highest BCUT2D eigenvalue weighted by molar-refractivity contribution is 5.94. The summed E-state index contributed by atoms with van der Waals surface area (Å²) in [6.45, 7) is 0.324. The molecule has 17 heteroatoms. The number of rotatable bonds is 14. The topological polar surface area (TPSA) is 269 Å². The van der Waals surface area contributed by atoms with Gasteiger partial charge < -0.3 is 70.7 Å². The van der Waals surface area contributed by atoms with Crippen molar-refractivity contribution in [1.82, 2.24) is 10.6 Å². The smallest absolute Gasteiger partial charge is 0.332 e. The summed E-state index contributed by atoms with van der Waals surface area (Å²) < 4.78 is 30.7. The number of amides is 2. The Balaban J connectivity index is 1.44. The van der Waals surface area contributed by atoms with Gasteiger partial charge in [-0.2, -0.15) is 0 Å². The zero-order valence-electron chi connectivity index (χ0n) is 29.9. The van der Waals surface area contributed by atoms with Gasteiger partial charge >= 0.3 is 5.97 Å². The Morgan fingerprint density at radius 1 is 0.849 bits per heavy atom. The first-order chi connectivity index (χ1) is 25.4. The fourth-order valence-corrected chi connectivity index (χ4v) is 7.78. The summed E-state index contributed by atoms with van der Waals surface area (Å²) in [7, 11) is 0. The number of nitrogens with one attached hydrogen (secondary N) is 2. The van der Waals surface area contributed by atoms with Gasteiger partial charge in [-0.25, -0.2) is 4.79 Å². The molecule has 1 aromatic rings. The van der Waals surface area contributed by atoms with E-state index in [0.717, 1.165) is 32.1 Å². The van der Waals surface area contributed by atoms with E-state index in [2.05, 4.69) is 10.6 Å². The highest BCUT2D eigenvalue weighted by atomic mass is 16.7. The Morgan fingerprint density at radius 3 is 2.23 bits per heavy atom. The zero-order valence-corrected chi connectivity index (χ0v) is 29.9. The van der Waals surface area contributed by atoms with E-state index in [4.69, 9.17) is 29.4 Å². The van der Waals surface area contributed by atoms with Gasteiger partial charge in [-0.1, -0.05) is 50.3 Å². The number of carboxylic acids is 1. The summed E-state index contributed by atoms with van der Waals surface area (Å²) in [4.78, 5) is 38.7. The Bertz CT molecular complexity index is 1340. The number of aliphatic hydroxyl groups is 5. The van der Waals surface area contributed by atoms with Gasteiger partial charge in [0.15, 0.2) is 18.7 Å². The molecule has 0 spiro atoms. The molecule has 2 saturated heterocycles. The summed E-state index contributed by atoms with van der Waals surface area (Å²) >= 11 is 0. The van der Waals surface area contributed by atoms with E-state index >= 15 is 0 Å². The third kappa shape index (κ3) is 10.3. The number of carboxylic acid groups (broad SMARTS) is 1. The second-order valence-electron chi connectivity index (χ2n) is 14.5. The van der Waals surface area contributed by atoms with Crippen molar-refractivity contribution in [3.8, 4) is 0 Å². The maximum Gasteiger partial charge on any atom is 0.332 e. The van der Waals surface area contributed by atoms with Gasteiger partial charge in [0.1, 0.15) is 48.8 Å². The van der Waals surface area contributed by atoms with Crippen molar-refractivity contribution >= 4 is 17.8 Å². The molecule has 1 aromatic carbocycles. The van der Waals surface area contributed by atoms with Crippen LogP contribution in [0.3, 0.4) is 0 Å². The van der Waals surface area contributed by atoms with Crippen LogP contribution < -0.4 is 16.4 Å². The van der Waals surface area contributed by atoms with E-state index in [-0.39, 0.29) is 12.3 Å². The Kier molecular flexibility index (Phi) is 15.0. The Hall–Kier alpha value is -2.81. The molecule has 0 radical (unpaired) electrons. The summed E-state index contributed by atoms with van der Waals surface area (Å²) in [5.74, 6) is -2.27. The molecule has 298 valence electrons. The minimum absolute atomic E-state index is 0.0856. The van der Waals surface area contributed by atoms with Gasteiger partial charge in [0, 0.05) is 5.56 Å². The molecule has 53 heavy (non-hydrogen) atoms. The number of carbonyl (C=O) groups is 3. The summed E-state index contributed by atoms with van der Waals surface area (Å²) in [5.41, 5.74) is 6.01. The fourth-order valence-electron chi connectivity index (χ4n) is 7.78. The number of aliphatic hydroxyl groups excluding tert-OH is 5. The molecule has 0 aromatic heterocycles. The normalized spacial score (nSPS) is 37.4. The van der Waals surface area contributed by atoms with Gasteiger partial charge in [-0.05, 0) is 50.7 Å². The van der Waals surface area contributed by atoms with Crippen LogP contribution in [-0.4, -0.2) is 147 Å². The molecule has 5 rings (SSSR count). The van der Waals surface area contributed by atoms with Crippen LogP contribution in [0.25, 0.3) is 0 Å². The first-order valence-corrected chi connectivity index (χ1v) is 18.6. The average Bonchev–Trinajstić information content (AvgIpc) is 3.16. The quantitative estimate of drug-likeness (QED) is 0.109. The lowest BCUT2D eigenvalue weighted by Gasteiger charge is -2.48. The van der Waals surface area contributed by atoms with Crippen molar-refractivity contribution in [2.45, 2.75) is 150 Å². The number of aliphatic carboxylic acids is 1. The lowest BCUT2D eigenvalue weighted by atomic mass is 9.85. The van der Waals surface area contributed by atoms with Crippen molar-refractivity contribution < 1.29 is 68.7 Å². The van der Waals surface area contributed by atoms with Crippen LogP contribution in [0.1, 0.15) is 75.1 Å². The Labute approximate surface area is 308 Å². The molecule has 2 aliphatic heterocycles. The van der Waals surface area contributed by atoms with Gasteiger partial charge in [-0.3, -0.25) is 9.59 Å². The van der Waals surface area contributed by atoms with E-state index in [0.29, 0.717) is 24.8 Å². The van der Waals surface area contributed by atoms with Gasteiger partial charge in [-0.15, -0.1) is 0 Å². The van der Waals surface area contributed by atoms with Crippen LogP contribution in [0, 0.1) is 5.92 Å². The molecule has 2 saturated carbocycles. The van der Waals surface area contributed by atoms with E-state index in [1.165, 1.54) is 6.92 Å². The molecular weight excluding hydrogens is 698 g/mol. The monoisotopic (exact) mass is 753 g/mol. The van der Waals surface area contributed by atoms with E-state index < -0.39 is 117 Å². The lowest BCUT2D eigenvalue weighted by molar-refractivity contribution is -0.334. The molecule has 5 unspecified atom stereocenters. The largest absolute Gasteiger partial charge is 0.479 e. The van der Waals surface area contributed by atoms with Crippen LogP contribution in [-0.2, 0) is 33.3 Å².